The Labute approximate surface area is 182 Å². The van der Waals surface area contributed by atoms with E-state index in [1.165, 1.54) is 25.4 Å². The van der Waals surface area contributed by atoms with E-state index in [2.05, 4.69) is 20.2 Å². The molecular weight excluding hydrogens is 427 g/mol. The van der Waals surface area contributed by atoms with Crippen LogP contribution < -0.4 is 10.1 Å². The molecule has 0 saturated heterocycles. The largest absolute Gasteiger partial charge is 0.483 e. The molecule has 0 aliphatic carbocycles. The Bertz CT molecular complexity index is 1020. The number of carbonyl (C=O) groups is 1. The topological polar surface area (TPSA) is 86.5 Å². The third kappa shape index (κ3) is 6.55. The summed E-state index contributed by atoms with van der Waals surface area (Å²) in [5.74, 6) is 0.442. The molecule has 0 fully saturated rings. The van der Waals surface area contributed by atoms with E-state index in [0.29, 0.717) is 11.5 Å². The number of carbonyl (C=O) groups excluding carboxylic acids is 1. The number of amides is 1. The Kier molecular flexibility index (Phi) is 7.47. The number of pyridine rings is 1. The van der Waals surface area contributed by atoms with Gasteiger partial charge in [-0.25, -0.2) is 0 Å². The Morgan fingerprint density at radius 1 is 1.16 bits per heavy atom. The number of rotatable bonds is 9. The zero-order valence-electron chi connectivity index (χ0n) is 17.5. The summed E-state index contributed by atoms with van der Waals surface area (Å²) in [4.78, 5) is 16.7. The predicted octanol–water partition coefficient (Wildman–Crippen LogP) is 4.03. The van der Waals surface area contributed by atoms with Crippen molar-refractivity contribution in [2.24, 2.45) is 0 Å². The van der Waals surface area contributed by atoms with Crippen molar-refractivity contribution in [1.29, 1.82) is 0 Å². The van der Waals surface area contributed by atoms with Crippen molar-refractivity contribution in [2.75, 3.05) is 20.3 Å². The number of benzene rings is 1. The number of hydrogen-bond donors (Lipinski definition) is 1. The van der Waals surface area contributed by atoms with Crippen molar-refractivity contribution in [2.45, 2.75) is 25.6 Å². The number of methoxy groups -OCH3 is 1. The maximum Gasteiger partial charge on any atom is 0.422 e. The zero-order valence-corrected chi connectivity index (χ0v) is 17.5. The lowest BCUT2D eigenvalue weighted by Gasteiger charge is -2.18. The summed E-state index contributed by atoms with van der Waals surface area (Å²) in [5.41, 5.74) is 3.07. The lowest BCUT2D eigenvalue weighted by molar-refractivity contribution is -0.153. The molecule has 2 heterocycles. The molecule has 32 heavy (non-hydrogen) atoms. The van der Waals surface area contributed by atoms with Gasteiger partial charge in [-0.05, 0) is 30.2 Å². The van der Waals surface area contributed by atoms with Crippen LogP contribution in [0.4, 0.5) is 13.2 Å². The van der Waals surface area contributed by atoms with Crippen molar-refractivity contribution in [3.05, 3.63) is 65.8 Å². The molecule has 1 amide bonds. The van der Waals surface area contributed by atoms with Crippen LogP contribution in [0.5, 0.6) is 5.75 Å². The number of aromatic nitrogens is 2. The minimum atomic E-state index is -4.43. The van der Waals surface area contributed by atoms with Crippen LogP contribution in [0.2, 0.25) is 0 Å². The monoisotopic (exact) mass is 449 g/mol. The summed E-state index contributed by atoms with van der Waals surface area (Å²) < 4.78 is 51.7. The van der Waals surface area contributed by atoms with Gasteiger partial charge in [0.15, 0.2) is 6.61 Å². The Balaban J connectivity index is 1.60. The second kappa shape index (κ2) is 10.3. The van der Waals surface area contributed by atoms with Gasteiger partial charge in [-0.15, -0.1) is 0 Å². The van der Waals surface area contributed by atoms with E-state index in [-0.39, 0.29) is 24.7 Å². The van der Waals surface area contributed by atoms with Crippen LogP contribution in [-0.2, 0) is 16.0 Å². The standard InChI is InChI=1S/C22H22F3N3O4/c1-14-18(11-27-32-14)16-5-3-15(4-6-16)9-21(29)28-20(12-30-2)19-8-7-17(10-26-19)31-13-22(23,24)25/h3-8,10-11,20H,9,12-13H2,1-2H3,(H,28,29)/t20-/m1/s1. The minimum Gasteiger partial charge on any atom is -0.483 e. The highest BCUT2D eigenvalue weighted by Crippen LogP contribution is 2.23. The molecule has 0 aliphatic heterocycles. The number of ether oxygens (including phenoxy) is 2. The molecule has 0 aliphatic rings. The van der Waals surface area contributed by atoms with Crippen molar-refractivity contribution in [1.82, 2.24) is 15.5 Å². The zero-order chi connectivity index (χ0) is 23.1. The van der Waals surface area contributed by atoms with E-state index in [9.17, 15) is 18.0 Å². The number of halogens is 3. The predicted molar refractivity (Wildman–Crippen MR) is 109 cm³/mol. The Hall–Kier alpha value is -3.40. The van der Waals surface area contributed by atoms with E-state index in [0.717, 1.165) is 16.7 Å². The van der Waals surface area contributed by atoms with Gasteiger partial charge in [0.25, 0.3) is 0 Å². The van der Waals surface area contributed by atoms with E-state index in [4.69, 9.17) is 9.26 Å². The lowest BCUT2D eigenvalue weighted by atomic mass is 10.0. The fourth-order valence-corrected chi connectivity index (χ4v) is 3.02. The molecule has 2 aromatic heterocycles. The van der Waals surface area contributed by atoms with Gasteiger partial charge in [-0.2, -0.15) is 13.2 Å². The first-order valence-electron chi connectivity index (χ1n) is 9.69. The van der Waals surface area contributed by atoms with Crippen LogP contribution in [0, 0.1) is 6.92 Å². The number of aryl methyl sites for hydroxylation is 1. The first-order chi connectivity index (χ1) is 15.2. The molecule has 0 saturated carbocycles. The maximum atomic E-state index is 12.5. The van der Waals surface area contributed by atoms with Crippen LogP contribution in [0.3, 0.4) is 0 Å². The van der Waals surface area contributed by atoms with E-state index >= 15 is 0 Å². The fourth-order valence-electron chi connectivity index (χ4n) is 3.02. The average Bonchev–Trinajstić information content (AvgIpc) is 3.18. The SMILES string of the molecule is COC[C@@H](NC(=O)Cc1ccc(-c2cnoc2C)cc1)c1ccc(OCC(F)(F)F)cn1. The molecule has 170 valence electrons. The van der Waals surface area contributed by atoms with Crippen LogP contribution in [0.15, 0.2) is 53.3 Å². The van der Waals surface area contributed by atoms with Gasteiger partial charge in [0.2, 0.25) is 5.91 Å². The molecule has 0 spiro atoms. The second-order valence-electron chi connectivity index (χ2n) is 7.07. The van der Waals surface area contributed by atoms with Crippen molar-refractivity contribution < 1.29 is 32.0 Å². The van der Waals surface area contributed by atoms with Gasteiger partial charge >= 0.3 is 6.18 Å². The van der Waals surface area contributed by atoms with Gasteiger partial charge in [-0.3, -0.25) is 9.78 Å². The molecular formula is C22H22F3N3O4. The molecule has 1 atom stereocenters. The van der Waals surface area contributed by atoms with E-state index in [1.54, 1.807) is 6.20 Å². The molecule has 0 radical (unpaired) electrons. The van der Waals surface area contributed by atoms with Crippen molar-refractivity contribution in [3.8, 4) is 16.9 Å². The van der Waals surface area contributed by atoms with E-state index < -0.39 is 18.8 Å². The highest BCUT2D eigenvalue weighted by molar-refractivity contribution is 5.79. The highest BCUT2D eigenvalue weighted by Gasteiger charge is 2.28. The normalized spacial score (nSPS) is 12.4. The van der Waals surface area contributed by atoms with Gasteiger partial charge in [-0.1, -0.05) is 29.4 Å². The summed E-state index contributed by atoms with van der Waals surface area (Å²) in [6, 6.07) is 9.75. The quantitative estimate of drug-likeness (QED) is 0.531. The first-order valence-corrected chi connectivity index (χ1v) is 9.69. The molecule has 1 N–H and O–H groups in total. The number of nitrogens with zero attached hydrogens (tertiary/aromatic N) is 2. The Morgan fingerprint density at radius 3 is 2.47 bits per heavy atom. The smallest absolute Gasteiger partial charge is 0.422 e. The summed E-state index contributed by atoms with van der Waals surface area (Å²) in [5, 5.41) is 6.60. The highest BCUT2D eigenvalue weighted by atomic mass is 19.4. The first kappa shape index (κ1) is 23.3. The third-order valence-electron chi connectivity index (χ3n) is 4.57. The molecule has 3 rings (SSSR count). The van der Waals surface area contributed by atoms with Gasteiger partial charge < -0.3 is 19.3 Å². The van der Waals surface area contributed by atoms with Crippen LogP contribution in [0.1, 0.15) is 23.1 Å². The molecule has 10 heteroatoms. The number of alkyl halides is 3. The third-order valence-corrected chi connectivity index (χ3v) is 4.57. The average molecular weight is 449 g/mol. The lowest BCUT2D eigenvalue weighted by Crippen LogP contribution is -2.33. The maximum absolute atomic E-state index is 12.5. The fraction of sp³-hybridized carbons (Fsp3) is 0.318. The van der Waals surface area contributed by atoms with Gasteiger partial charge in [0.1, 0.15) is 11.5 Å². The molecule has 0 bridgehead atoms. The van der Waals surface area contributed by atoms with Crippen molar-refractivity contribution in [3.63, 3.8) is 0 Å². The number of hydrogen-bond acceptors (Lipinski definition) is 6. The molecule has 7 nitrogen and oxygen atoms in total. The van der Waals surface area contributed by atoms with Crippen LogP contribution in [-0.4, -0.2) is 42.5 Å². The van der Waals surface area contributed by atoms with Gasteiger partial charge in [0, 0.05) is 12.7 Å². The van der Waals surface area contributed by atoms with Crippen LogP contribution >= 0.6 is 0 Å². The summed E-state index contributed by atoms with van der Waals surface area (Å²) in [7, 11) is 1.48. The summed E-state index contributed by atoms with van der Waals surface area (Å²) in [6.45, 7) is 0.567. The second-order valence-corrected chi connectivity index (χ2v) is 7.07. The summed E-state index contributed by atoms with van der Waals surface area (Å²) >= 11 is 0. The van der Waals surface area contributed by atoms with Crippen molar-refractivity contribution >= 4 is 5.91 Å². The van der Waals surface area contributed by atoms with Crippen LogP contribution in [0.25, 0.3) is 11.1 Å². The number of nitrogens with one attached hydrogen (secondary N) is 1. The Morgan fingerprint density at radius 2 is 1.91 bits per heavy atom. The molecule has 3 aromatic rings. The molecule has 1 aromatic carbocycles. The molecule has 0 unspecified atom stereocenters. The summed E-state index contributed by atoms with van der Waals surface area (Å²) in [6.07, 6.45) is -1.48. The minimum absolute atomic E-state index is 0.0169. The van der Waals surface area contributed by atoms with E-state index in [1.807, 2.05) is 31.2 Å². The van der Waals surface area contributed by atoms with Gasteiger partial charge in [0.05, 0.1) is 37.2 Å².